The molecule has 0 atom stereocenters. The molecule has 0 aliphatic carbocycles. The maximum absolute atomic E-state index is 6.03. The normalized spacial score (nSPS) is 11.1. The fraction of sp³-hybridized carbons (Fsp3) is 0.133. The van der Waals surface area contributed by atoms with Gasteiger partial charge in [-0.2, -0.15) is 0 Å². The Bertz CT molecular complexity index is 777. The number of hydrogen-bond donors (Lipinski definition) is 1. The van der Waals surface area contributed by atoms with Gasteiger partial charge < -0.3 is 10.2 Å². The summed E-state index contributed by atoms with van der Waals surface area (Å²) in [7, 11) is 0. The predicted molar refractivity (Wildman–Crippen MR) is 78.3 cm³/mol. The molecule has 0 saturated carbocycles. The van der Waals surface area contributed by atoms with Crippen LogP contribution in [0.5, 0.6) is 0 Å². The van der Waals surface area contributed by atoms with E-state index in [1.807, 2.05) is 38.1 Å². The summed E-state index contributed by atoms with van der Waals surface area (Å²) in [6.45, 7) is 3.91. The van der Waals surface area contributed by atoms with E-state index >= 15 is 0 Å². The Labute approximate surface area is 116 Å². The number of halogens is 1. The van der Waals surface area contributed by atoms with Gasteiger partial charge >= 0.3 is 0 Å². The van der Waals surface area contributed by atoms with Gasteiger partial charge in [0.25, 0.3) is 0 Å². The van der Waals surface area contributed by atoms with Crippen LogP contribution in [-0.2, 0) is 0 Å². The number of fused-ring (bicyclic) bond motifs is 1. The van der Waals surface area contributed by atoms with Gasteiger partial charge in [0, 0.05) is 16.3 Å². The number of aryl methyl sites for hydroxylation is 1. The van der Waals surface area contributed by atoms with Crippen molar-refractivity contribution in [2.45, 2.75) is 13.8 Å². The number of anilines is 1. The van der Waals surface area contributed by atoms with Gasteiger partial charge in [-0.15, -0.1) is 0 Å². The molecule has 2 aromatic carbocycles. The van der Waals surface area contributed by atoms with Crippen molar-refractivity contribution in [1.29, 1.82) is 0 Å². The third-order valence-electron chi connectivity index (χ3n) is 3.25. The summed E-state index contributed by atoms with van der Waals surface area (Å²) >= 11 is 6.03. The number of nitrogens with two attached hydrogens (primary N) is 1. The molecule has 0 fully saturated rings. The lowest BCUT2D eigenvalue weighted by Crippen LogP contribution is -1.91. The Morgan fingerprint density at radius 3 is 2.79 bits per heavy atom. The second-order valence-corrected chi connectivity index (χ2v) is 5.05. The van der Waals surface area contributed by atoms with E-state index in [1.54, 1.807) is 6.07 Å². The second-order valence-electron chi connectivity index (χ2n) is 4.61. The highest BCUT2D eigenvalue weighted by molar-refractivity contribution is 6.31. The highest BCUT2D eigenvalue weighted by atomic mass is 35.5. The van der Waals surface area contributed by atoms with Gasteiger partial charge in [0.05, 0.1) is 0 Å². The largest absolute Gasteiger partial charge is 0.436 e. The fourth-order valence-electron chi connectivity index (χ4n) is 2.16. The zero-order valence-electron chi connectivity index (χ0n) is 10.7. The maximum atomic E-state index is 6.03. The minimum atomic E-state index is 0.574. The lowest BCUT2D eigenvalue weighted by molar-refractivity contribution is 0.617. The quantitative estimate of drug-likeness (QED) is 0.670. The van der Waals surface area contributed by atoms with E-state index in [0.717, 1.165) is 33.5 Å². The van der Waals surface area contributed by atoms with Gasteiger partial charge in [-0.25, -0.2) is 4.98 Å². The molecule has 0 radical (unpaired) electrons. The van der Waals surface area contributed by atoms with Crippen molar-refractivity contribution in [3.63, 3.8) is 0 Å². The van der Waals surface area contributed by atoms with E-state index < -0.39 is 0 Å². The van der Waals surface area contributed by atoms with Crippen molar-refractivity contribution in [3.05, 3.63) is 46.5 Å². The van der Waals surface area contributed by atoms with Gasteiger partial charge in [-0.3, -0.25) is 0 Å². The standard InChI is InChI=1S/C15H13ClN2O/c1-8-6-10(16)7-13-14(8)19-15(18-13)11-4-3-5-12(17)9(11)2/h3-7H,17H2,1-2H3. The number of aromatic nitrogens is 1. The van der Waals surface area contributed by atoms with Gasteiger partial charge in [0.2, 0.25) is 5.89 Å². The van der Waals surface area contributed by atoms with Crippen LogP contribution in [0, 0.1) is 13.8 Å². The first-order valence-corrected chi connectivity index (χ1v) is 6.36. The molecule has 3 rings (SSSR count). The first-order valence-electron chi connectivity index (χ1n) is 5.98. The molecule has 1 aromatic heterocycles. The maximum Gasteiger partial charge on any atom is 0.227 e. The Hall–Kier alpha value is -2.00. The van der Waals surface area contributed by atoms with Crippen molar-refractivity contribution in [2.24, 2.45) is 0 Å². The predicted octanol–water partition coefficient (Wildman–Crippen LogP) is 4.35. The van der Waals surface area contributed by atoms with Gasteiger partial charge in [-0.1, -0.05) is 17.7 Å². The molecular weight excluding hydrogens is 260 g/mol. The monoisotopic (exact) mass is 272 g/mol. The minimum absolute atomic E-state index is 0.574. The number of nitrogens with zero attached hydrogens (tertiary/aromatic N) is 1. The van der Waals surface area contributed by atoms with E-state index in [4.69, 9.17) is 21.8 Å². The zero-order valence-corrected chi connectivity index (χ0v) is 11.5. The third-order valence-corrected chi connectivity index (χ3v) is 3.46. The van der Waals surface area contributed by atoms with E-state index in [9.17, 15) is 0 Å². The molecule has 0 aliphatic rings. The van der Waals surface area contributed by atoms with Crippen LogP contribution in [0.3, 0.4) is 0 Å². The SMILES string of the molecule is Cc1c(N)cccc1-c1nc2cc(Cl)cc(C)c2o1. The van der Waals surface area contributed by atoms with Crippen LogP contribution >= 0.6 is 11.6 Å². The Morgan fingerprint density at radius 1 is 1.21 bits per heavy atom. The lowest BCUT2D eigenvalue weighted by Gasteiger charge is -2.03. The molecule has 0 bridgehead atoms. The van der Waals surface area contributed by atoms with Crippen molar-refractivity contribution < 1.29 is 4.42 Å². The third kappa shape index (κ3) is 1.96. The van der Waals surface area contributed by atoms with Gasteiger partial charge in [-0.05, 0) is 49.2 Å². The summed E-state index contributed by atoms with van der Waals surface area (Å²) in [5, 5.41) is 0.661. The molecule has 0 aliphatic heterocycles. The molecule has 3 aromatic rings. The van der Waals surface area contributed by atoms with Crippen molar-refractivity contribution >= 4 is 28.4 Å². The Kier molecular flexibility index (Phi) is 2.72. The summed E-state index contributed by atoms with van der Waals surface area (Å²) in [6.07, 6.45) is 0. The molecule has 0 unspecified atom stereocenters. The topological polar surface area (TPSA) is 52.0 Å². The van der Waals surface area contributed by atoms with E-state index in [0.29, 0.717) is 10.9 Å². The molecule has 0 amide bonds. The van der Waals surface area contributed by atoms with Crippen LogP contribution in [0.4, 0.5) is 5.69 Å². The Balaban J connectivity index is 2.26. The molecule has 0 saturated heterocycles. The van der Waals surface area contributed by atoms with Crippen LogP contribution in [0.25, 0.3) is 22.6 Å². The molecule has 96 valence electrons. The average molecular weight is 273 g/mol. The minimum Gasteiger partial charge on any atom is -0.436 e. The highest BCUT2D eigenvalue weighted by Crippen LogP contribution is 2.31. The van der Waals surface area contributed by atoms with Gasteiger partial charge in [0.15, 0.2) is 5.58 Å². The number of oxazole rings is 1. The van der Waals surface area contributed by atoms with Crippen LogP contribution in [-0.4, -0.2) is 4.98 Å². The van der Waals surface area contributed by atoms with Crippen LogP contribution in [0.15, 0.2) is 34.7 Å². The number of nitrogen functional groups attached to an aromatic ring is 1. The Morgan fingerprint density at radius 2 is 2.00 bits per heavy atom. The lowest BCUT2D eigenvalue weighted by atomic mass is 10.1. The summed E-state index contributed by atoms with van der Waals surface area (Å²) in [5.74, 6) is 0.574. The first kappa shape index (κ1) is 12.1. The molecular formula is C15H13ClN2O. The summed E-state index contributed by atoms with van der Waals surface area (Å²) < 4.78 is 5.85. The molecule has 3 nitrogen and oxygen atoms in total. The average Bonchev–Trinajstić information content (AvgIpc) is 2.76. The van der Waals surface area contributed by atoms with Crippen molar-refractivity contribution in [2.75, 3.05) is 5.73 Å². The summed E-state index contributed by atoms with van der Waals surface area (Å²) in [5.41, 5.74) is 11.0. The molecule has 19 heavy (non-hydrogen) atoms. The molecule has 1 heterocycles. The first-order chi connectivity index (χ1) is 9.06. The molecule has 0 spiro atoms. The van der Waals surface area contributed by atoms with E-state index in [-0.39, 0.29) is 0 Å². The number of hydrogen-bond acceptors (Lipinski definition) is 3. The highest BCUT2D eigenvalue weighted by Gasteiger charge is 2.13. The van der Waals surface area contributed by atoms with Crippen molar-refractivity contribution in [3.8, 4) is 11.5 Å². The van der Waals surface area contributed by atoms with Crippen LogP contribution in [0.2, 0.25) is 5.02 Å². The summed E-state index contributed by atoms with van der Waals surface area (Å²) in [4.78, 5) is 4.50. The van der Waals surface area contributed by atoms with Gasteiger partial charge in [0.1, 0.15) is 5.52 Å². The smallest absolute Gasteiger partial charge is 0.227 e. The number of rotatable bonds is 1. The second kappa shape index (κ2) is 4.28. The molecule has 4 heteroatoms. The zero-order chi connectivity index (χ0) is 13.6. The van der Waals surface area contributed by atoms with Crippen molar-refractivity contribution in [1.82, 2.24) is 4.98 Å². The molecule has 2 N–H and O–H groups in total. The van der Waals surface area contributed by atoms with Crippen LogP contribution in [0.1, 0.15) is 11.1 Å². The van der Waals surface area contributed by atoms with E-state index in [1.165, 1.54) is 0 Å². The van der Waals surface area contributed by atoms with E-state index in [2.05, 4.69) is 4.98 Å². The fourth-order valence-corrected chi connectivity index (χ4v) is 2.42. The summed E-state index contributed by atoms with van der Waals surface area (Å²) in [6, 6.07) is 9.38. The van der Waals surface area contributed by atoms with Crippen LogP contribution < -0.4 is 5.73 Å². The number of benzene rings is 2.